The quantitative estimate of drug-likeness (QED) is 0.833. The molecule has 0 amide bonds. The molecule has 2 rings (SSSR count). The first-order valence-electron chi connectivity index (χ1n) is 5.99. The lowest BCUT2D eigenvalue weighted by molar-refractivity contribution is 0.385. The van der Waals surface area contributed by atoms with E-state index in [1.165, 1.54) is 19.3 Å². The highest BCUT2D eigenvalue weighted by molar-refractivity contribution is 5.39. The van der Waals surface area contributed by atoms with Crippen LogP contribution in [-0.4, -0.2) is 29.1 Å². The Morgan fingerprint density at radius 3 is 2.62 bits per heavy atom. The zero-order valence-corrected chi connectivity index (χ0v) is 10.1. The molecule has 0 aromatic carbocycles. The molecule has 1 saturated carbocycles. The van der Waals surface area contributed by atoms with E-state index in [2.05, 4.69) is 14.9 Å². The van der Waals surface area contributed by atoms with Crippen LogP contribution in [0.2, 0.25) is 0 Å². The molecule has 0 unspecified atom stereocenters. The maximum Gasteiger partial charge on any atom is 0.147 e. The molecule has 0 saturated heterocycles. The van der Waals surface area contributed by atoms with E-state index in [1.54, 1.807) is 0 Å². The van der Waals surface area contributed by atoms with Gasteiger partial charge in [0.15, 0.2) is 0 Å². The van der Waals surface area contributed by atoms with E-state index in [4.69, 9.17) is 5.73 Å². The van der Waals surface area contributed by atoms with E-state index in [-0.39, 0.29) is 0 Å². The Morgan fingerprint density at radius 2 is 2.12 bits per heavy atom. The van der Waals surface area contributed by atoms with Gasteiger partial charge in [0, 0.05) is 19.1 Å². The number of aromatic nitrogens is 2. The van der Waals surface area contributed by atoms with Crippen molar-refractivity contribution in [2.24, 2.45) is 5.73 Å². The van der Waals surface area contributed by atoms with Crippen LogP contribution in [0.3, 0.4) is 0 Å². The summed E-state index contributed by atoms with van der Waals surface area (Å²) in [5.74, 6) is 0.984. The average Bonchev–Trinajstić information content (AvgIpc) is 2.19. The molecule has 1 aliphatic carbocycles. The van der Waals surface area contributed by atoms with Crippen LogP contribution in [0.25, 0.3) is 0 Å². The van der Waals surface area contributed by atoms with Crippen LogP contribution in [0.4, 0.5) is 5.82 Å². The van der Waals surface area contributed by atoms with Gasteiger partial charge in [-0.15, -0.1) is 0 Å². The molecule has 1 aromatic heterocycles. The van der Waals surface area contributed by atoms with Crippen molar-refractivity contribution in [1.29, 1.82) is 0 Å². The fourth-order valence-corrected chi connectivity index (χ4v) is 1.99. The Labute approximate surface area is 96.9 Å². The van der Waals surface area contributed by atoms with Gasteiger partial charge in [-0.1, -0.05) is 0 Å². The second-order valence-corrected chi connectivity index (χ2v) is 4.47. The molecule has 0 radical (unpaired) electrons. The Kier molecular flexibility index (Phi) is 3.39. The van der Waals surface area contributed by atoms with Crippen molar-refractivity contribution in [3.05, 3.63) is 17.6 Å². The summed E-state index contributed by atoms with van der Waals surface area (Å²) in [6.07, 6.45) is 5.71. The smallest absolute Gasteiger partial charge is 0.147 e. The molecule has 0 atom stereocenters. The van der Waals surface area contributed by atoms with E-state index >= 15 is 0 Å². The molecule has 0 spiro atoms. The third kappa shape index (κ3) is 2.16. The van der Waals surface area contributed by atoms with Crippen LogP contribution in [0, 0.1) is 13.8 Å². The fraction of sp³-hybridized carbons (Fsp3) is 0.667. The number of nitrogens with two attached hydrogens (primary N) is 1. The highest BCUT2D eigenvalue weighted by Gasteiger charge is 2.25. The zero-order chi connectivity index (χ0) is 11.5. The second-order valence-electron chi connectivity index (χ2n) is 4.47. The van der Waals surface area contributed by atoms with Crippen LogP contribution < -0.4 is 10.6 Å². The first-order chi connectivity index (χ1) is 7.72. The number of hydrogen-bond donors (Lipinski definition) is 1. The molecule has 0 bridgehead atoms. The highest BCUT2D eigenvalue weighted by atomic mass is 15.2. The van der Waals surface area contributed by atoms with Gasteiger partial charge < -0.3 is 10.6 Å². The largest absolute Gasteiger partial charge is 0.351 e. The van der Waals surface area contributed by atoms with Gasteiger partial charge in [0.25, 0.3) is 0 Å². The van der Waals surface area contributed by atoms with Crippen LogP contribution in [0.5, 0.6) is 0 Å². The molecule has 88 valence electrons. The highest BCUT2D eigenvalue weighted by Crippen LogP contribution is 2.28. The molecular formula is C12H20N4. The third-order valence-corrected chi connectivity index (χ3v) is 3.36. The van der Waals surface area contributed by atoms with Gasteiger partial charge in [-0.05, 0) is 33.1 Å². The predicted octanol–water partition coefficient (Wildman–Crippen LogP) is 1.41. The molecule has 4 nitrogen and oxygen atoms in total. The Balaban J connectivity index is 2.20. The summed E-state index contributed by atoms with van der Waals surface area (Å²) in [4.78, 5) is 11.3. The minimum Gasteiger partial charge on any atom is -0.351 e. The summed E-state index contributed by atoms with van der Waals surface area (Å²) in [5.41, 5.74) is 7.68. The Morgan fingerprint density at radius 1 is 1.38 bits per heavy atom. The van der Waals surface area contributed by atoms with Crippen LogP contribution in [0.15, 0.2) is 6.20 Å². The average molecular weight is 220 g/mol. The van der Waals surface area contributed by atoms with Gasteiger partial charge in [-0.3, -0.25) is 4.98 Å². The summed E-state index contributed by atoms with van der Waals surface area (Å²) in [6.45, 7) is 5.54. The summed E-state index contributed by atoms with van der Waals surface area (Å²) in [5, 5.41) is 0. The topological polar surface area (TPSA) is 55.0 Å². The van der Waals surface area contributed by atoms with Gasteiger partial charge in [0.05, 0.1) is 17.6 Å². The van der Waals surface area contributed by atoms with Crippen molar-refractivity contribution in [1.82, 2.24) is 9.97 Å². The van der Waals surface area contributed by atoms with Gasteiger partial charge in [-0.2, -0.15) is 0 Å². The van der Waals surface area contributed by atoms with E-state index < -0.39 is 0 Å². The summed E-state index contributed by atoms with van der Waals surface area (Å²) < 4.78 is 0. The van der Waals surface area contributed by atoms with Crippen LogP contribution in [-0.2, 0) is 0 Å². The predicted molar refractivity (Wildman–Crippen MR) is 65.5 cm³/mol. The lowest BCUT2D eigenvalue weighted by atomic mass is 9.91. The molecule has 16 heavy (non-hydrogen) atoms. The molecule has 1 aliphatic rings. The van der Waals surface area contributed by atoms with Crippen molar-refractivity contribution in [2.75, 3.05) is 18.0 Å². The summed E-state index contributed by atoms with van der Waals surface area (Å²) in [7, 11) is 0. The molecule has 2 N–H and O–H groups in total. The molecule has 0 aliphatic heterocycles. The lowest BCUT2D eigenvalue weighted by Gasteiger charge is -2.38. The van der Waals surface area contributed by atoms with Crippen molar-refractivity contribution in [2.45, 2.75) is 39.2 Å². The number of anilines is 1. The second kappa shape index (κ2) is 4.78. The summed E-state index contributed by atoms with van der Waals surface area (Å²) in [6, 6.07) is 0.625. The normalized spacial score (nSPS) is 15.9. The maximum absolute atomic E-state index is 5.66. The van der Waals surface area contributed by atoms with E-state index in [0.717, 1.165) is 23.8 Å². The van der Waals surface area contributed by atoms with E-state index in [9.17, 15) is 0 Å². The van der Waals surface area contributed by atoms with Gasteiger partial charge in [0.1, 0.15) is 5.82 Å². The number of aryl methyl sites for hydroxylation is 2. The van der Waals surface area contributed by atoms with Crippen molar-refractivity contribution in [3.8, 4) is 0 Å². The van der Waals surface area contributed by atoms with Crippen molar-refractivity contribution in [3.63, 3.8) is 0 Å². The van der Waals surface area contributed by atoms with E-state index in [0.29, 0.717) is 12.6 Å². The maximum atomic E-state index is 5.66. The monoisotopic (exact) mass is 220 g/mol. The molecule has 1 heterocycles. The van der Waals surface area contributed by atoms with Crippen molar-refractivity contribution < 1.29 is 0 Å². The molecule has 4 heteroatoms. The Bertz CT molecular complexity index is 360. The number of hydrogen-bond acceptors (Lipinski definition) is 4. The number of nitrogens with zero attached hydrogens (tertiary/aromatic N) is 3. The van der Waals surface area contributed by atoms with Crippen LogP contribution in [0.1, 0.15) is 30.7 Å². The third-order valence-electron chi connectivity index (χ3n) is 3.36. The minimum atomic E-state index is 0.625. The SMILES string of the molecule is Cc1ncc(N(CCN)C2CCC2)nc1C. The van der Waals surface area contributed by atoms with Gasteiger partial charge in [0.2, 0.25) is 0 Å². The first kappa shape index (κ1) is 11.3. The standard InChI is InChI=1S/C12H20N4/c1-9-10(2)15-12(8-14-9)16(7-6-13)11-4-3-5-11/h8,11H,3-7,13H2,1-2H3. The summed E-state index contributed by atoms with van der Waals surface area (Å²) >= 11 is 0. The molecule has 1 aromatic rings. The van der Waals surface area contributed by atoms with E-state index in [1.807, 2.05) is 20.0 Å². The molecule has 1 fully saturated rings. The minimum absolute atomic E-state index is 0.625. The zero-order valence-electron chi connectivity index (χ0n) is 10.1. The fourth-order valence-electron chi connectivity index (χ4n) is 1.99. The Hall–Kier alpha value is -1.16. The number of rotatable bonds is 4. The van der Waals surface area contributed by atoms with Crippen molar-refractivity contribution >= 4 is 5.82 Å². The lowest BCUT2D eigenvalue weighted by Crippen LogP contribution is -2.43. The van der Waals surface area contributed by atoms with Crippen LogP contribution >= 0.6 is 0 Å². The van der Waals surface area contributed by atoms with Gasteiger partial charge in [-0.25, -0.2) is 4.98 Å². The van der Waals surface area contributed by atoms with Gasteiger partial charge >= 0.3 is 0 Å². The first-order valence-corrected chi connectivity index (χ1v) is 5.99. The molecular weight excluding hydrogens is 200 g/mol.